The van der Waals surface area contributed by atoms with Crippen LogP contribution < -0.4 is 4.74 Å². The average molecular weight is 583 g/mol. The molecule has 0 saturated carbocycles. The zero-order valence-corrected chi connectivity index (χ0v) is 21.9. The zero-order chi connectivity index (χ0) is 23.7. The summed E-state index contributed by atoms with van der Waals surface area (Å²) in [5, 5.41) is 11.0. The topological polar surface area (TPSA) is 49.8 Å². The minimum Gasteiger partial charge on any atom is -0.508 e. The van der Waals surface area contributed by atoms with Gasteiger partial charge in [-0.1, -0.05) is 19.1 Å². The number of fused-ring (bicyclic) bond motifs is 1. The Morgan fingerprint density at radius 1 is 1.12 bits per heavy atom. The molecular weight excluding hydrogens is 557 g/mol. The third kappa shape index (κ3) is 4.99. The Morgan fingerprint density at radius 2 is 1.88 bits per heavy atom. The monoisotopic (exact) mass is 583 g/mol. The normalized spacial score (nSPS) is 16.2. The number of hydrogen-bond donors (Lipinski definition) is 1. The molecule has 1 fully saturated rings. The summed E-state index contributed by atoms with van der Waals surface area (Å²) in [5.41, 5.74) is 2.53. The van der Waals surface area contributed by atoms with Crippen LogP contribution in [0.5, 0.6) is 11.5 Å². The van der Waals surface area contributed by atoms with Gasteiger partial charge in [0, 0.05) is 37.9 Å². The summed E-state index contributed by atoms with van der Waals surface area (Å²) in [7, 11) is 0. The molecule has 1 atom stereocenters. The average Bonchev–Trinajstić information content (AvgIpc) is 3.42. The number of phenols is 1. The molecule has 174 valence electrons. The van der Waals surface area contributed by atoms with Crippen molar-refractivity contribution >= 4 is 49.8 Å². The van der Waals surface area contributed by atoms with Crippen molar-refractivity contribution in [2.45, 2.75) is 13.3 Å². The highest BCUT2D eigenvalue weighted by Gasteiger charge is 2.22. The number of aromatic hydroxyl groups is 1. The number of phenolic OH excluding ortho intramolecular Hbond substituents is 1. The summed E-state index contributed by atoms with van der Waals surface area (Å²) >= 11 is 3.66. The third-order valence-corrected chi connectivity index (χ3v) is 8.18. The van der Waals surface area contributed by atoms with E-state index in [2.05, 4.69) is 34.4 Å². The summed E-state index contributed by atoms with van der Waals surface area (Å²) in [6, 6.07) is 20.9. The van der Waals surface area contributed by atoms with Crippen molar-refractivity contribution in [2.75, 3.05) is 26.2 Å². The quantitative estimate of drug-likeness (QED) is 0.192. The minimum atomic E-state index is -0.00717. The molecule has 34 heavy (non-hydrogen) atoms. The fraction of sp³-hybridized carbons (Fsp3) is 0.250. The van der Waals surface area contributed by atoms with E-state index in [1.54, 1.807) is 12.1 Å². The highest BCUT2D eigenvalue weighted by atomic mass is 127. The van der Waals surface area contributed by atoms with Gasteiger partial charge in [-0.3, -0.25) is 9.69 Å². The van der Waals surface area contributed by atoms with Crippen LogP contribution in [0.1, 0.15) is 28.6 Å². The van der Waals surface area contributed by atoms with Gasteiger partial charge in [-0.25, -0.2) is 0 Å². The van der Waals surface area contributed by atoms with E-state index in [0.29, 0.717) is 17.0 Å². The molecule has 5 rings (SSSR count). The molecule has 0 amide bonds. The van der Waals surface area contributed by atoms with Crippen LogP contribution in [0.4, 0.5) is 0 Å². The maximum atomic E-state index is 13.5. The Morgan fingerprint density at radius 3 is 2.59 bits per heavy atom. The lowest BCUT2D eigenvalue weighted by molar-refractivity contribution is 0.104. The highest BCUT2D eigenvalue weighted by Crippen LogP contribution is 2.41. The number of rotatable bonds is 7. The molecule has 1 saturated heterocycles. The van der Waals surface area contributed by atoms with Gasteiger partial charge in [0.25, 0.3) is 0 Å². The fourth-order valence-corrected chi connectivity index (χ4v) is 6.08. The van der Waals surface area contributed by atoms with Gasteiger partial charge >= 0.3 is 0 Å². The van der Waals surface area contributed by atoms with Crippen molar-refractivity contribution in [2.24, 2.45) is 5.92 Å². The van der Waals surface area contributed by atoms with Crippen molar-refractivity contribution in [3.05, 3.63) is 80.7 Å². The van der Waals surface area contributed by atoms with Gasteiger partial charge in [0.2, 0.25) is 5.78 Å². The molecule has 4 nitrogen and oxygen atoms in total. The van der Waals surface area contributed by atoms with Gasteiger partial charge in [0.15, 0.2) is 0 Å². The molecule has 0 radical (unpaired) electrons. The van der Waals surface area contributed by atoms with E-state index >= 15 is 0 Å². The van der Waals surface area contributed by atoms with E-state index in [4.69, 9.17) is 4.74 Å². The maximum Gasteiger partial charge on any atom is 0.203 e. The number of likely N-dealkylation sites (tertiary alicyclic amines) is 1. The first kappa shape index (κ1) is 23.3. The number of ketones is 1. The number of thiophene rings is 1. The third-order valence-electron chi connectivity index (χ3n) is 6.31. The molecule has 4 aromatic rings. The van der Waals surface area contributed by atoms with Crippen molar-refractivity contribution in [3.63, 3.8) is 0 Å². The Kier molecular flexibility index (Phi) is 6.90. The largest absolute Gasteiger partial charge is 0.508 e. The van der Waals surface area contributed by atoms with E-state index in [9.17, 15) is 9.90 Å². The number of ether oxygens (including phenoxy) is 1. The second-order valence-corrected chi connectivity index (χ2v) is 11.2. The van der Waals surface area contributed by atoms with Gasteiger partial charge < -0.3 is 9.84 Å². The first-order chi connectivity index (χ1) is 16.5. The molecule has 1 aliphatic rings. The molecule has 0 bridgehead atoms. The number of carbonyl (C=O) groups is 1. The van der Waals surface area contributed by atoms with Crippen LogP contribution in [0.15, 0.2) is 66.7 Å². The Balaban J connectivity index is 1.42. The summed E-state index contributed by atoms with van der Waals surface area (Å²) in [6.45, 7) is 6.22. The van der Waals surface area contributed by atoms with Crippen LogP contribution in [0.2, 0.25) is 0 Å². The molecular formula is C28H26INO3S. The zero-order valence-electron chi connectivity index (χ0n) is 19.0. The summed E-state index contributed by atoms with van der Waals surface area (Å²) in [4.78, 5) is 16.6. The van der Waals surface area contributed by atoms with Crippen molar-refractivity contribution in [1.82, 2.24) is 4.90 Å². The maximum absolute atomic E-state index is 13.5. The molecule has 0 aliphatic carbocycles. The van der Waals surface area contributed by atoms with E-state index in [1.807, 2.05) is 54.6 Å². The van der Waals surface area contributed by atoms with Crippen molar-refractivity contribution in [1.29, 1.82) is 0 Å². The molecule has 3 aromatic carbocycles. The van der Waals surface area contributed by atoms with Crippen LogP contribution in [0, 0.1) is 9.49 Å². The molecule has 6 heteroatoms. The molecule has 2 heterocycles. The van der Waals surface area contributed by atoms with E-state index in [1.165, 1.54) is 17.8 Å². The summed E-state index contributed by atoms with van der Waals surface area (Å²) in [5.74, 6) is 1.80. The number of nitrogens with zero attached hydrogens (tertiary/aromatic N) is 1. The Labute approximate surface area is 217 Å². The van der Waals surface area contributed by atoms with E-state index in [0.717, 1.165) is 56.1 Å². The first-order valence-corrected chi connectivity index (χ1v) is 13.4. The standard InChI is InChI=1S/C28H26INO3S/c1-18-12-13-30(17-18)14-15-33-23-9-4-19(5-10-23)26-24-11-8-22(31)16-25(24)34-28(26)27(32)20-2-6-21(29)7-3-20/h2-11,16,18,31H,12-15,17H2,1H3/t18-/m1/s1. The van der Waals surface area contributed by atoms with Gasteiger partial charge in [0.05, 0.1) is 4.88 Å². The lowest BCUT2D eigenvalue weighted by atomic mass is 9.98. The van der Waals surface area contributed by atoms with Crippen LogP contribution in [-0.2, 0) is 0 Å². The lowest BCUT2D eigenvalue weighted by Crippen LogP contribution is -2.25. The molecule has 1 N–H and O–H groups in total. The second kappa shape index (κ2) is 10.1. The van der Waals surface area contributed by atoms with Gasteiger partial charge in [-0.2, -0.15) is 0 Å². The molecule has 0 spiro atoms. The van der Waals surface area contributed by atoms with Crippen LogP contribution >= 0.6 is 33.9 Å². The van der Waals surface area contributed by atoms with Gasteiger partial charge in [-0.05, 0) is 102 Å². The van der Waals surface area contributed by atoms with Gasteiger partial charge in [-0.15, -0.1) is 11.3 Å². The number of carbonyl (C=O) groups excluding carboxylic acids is 1. The highest BCUT2D eigenvalue weighted by molar-refractivity contribution is 14.1. The number of hydrogen-bond acceptors (Lipinski definition) is 5. The number of benzene rings is 3. The second-order valence-electron chi connectivity index (χ2n) is 8.89. The van der Waals surface area contributed by atoms with Gasteiger partial charge in [0.1, 0.15) is 18.1 Å². The predicted molar refractivity (Wildman–Crippen MR) is 147 cm³/mol. The Hall–Kier alpha value is -2.42. The molecule has 1 aliphatic heterocycles. The summed E-state index contributed by atoms with van der Waals surface area (Å²) in [6.07, 6.45) is 1.27. The molecule has 0 unspecified atom stereocenters. The SMILES string of the molecule is C[C@@H]1CCN(CCOc2ccc(-c3c(C(=O)c4ccc(I)cc4)sc4cc(O)ccc34)cc2)C1. The minimum absolute atomic E-state index is 0.00717. The number of halogens is 1. The van der Waals surface area contributed by atoms with Crippen molar-refractivity contribution < 1.29 is 14.6 Å². The predicted octanol–water partition coefficient (Wildman–Crippen LogP) is 6.83. The van der Waals surface area contributed by atoms with Crippen LogP contribution in [0.3, 0.4) is 0 Å². The van der Waals surface area contributed by atoms with Crippen molar-refractivity contribution in [3.8, 4) is 22.6 Å². The molecule has 1 aromatic heterocycles. The van der Waals surface area contributed by atoms with Crippen LogP contribution in [0.25, 0.3) is 21.2 Å². The first-order valence-electron chi connectivity index (χ1n) is 11.5. The van der Waals surface area contributed by atoms with Crippen LogP contribution in [-0.4, -0.2) is 42.0 Å². The van der Waals surface area contributed by atoms with E-state index in [-0.39, 0.29) is 11.5 Å². The fourth-order valence-electron chi connectivity index (χ4n) is 4.50. The lowest BCUT2D eigenvalue weighted by Gasteiger charge is -2.15. The Bertz CT molecular complexity index is 1310. The smallest absolute Gasteiger partial charge is 0.203 e. The van der Waals surface area contributed by atoms with E-state index < -0.39 is 0 Å². The summed E-state index contributed by atoms with van der Waals surface area (Å²) < 4.78 is 7.98.